The highest BCUT2D eigenvalue weighted by Gasteiger charge is 2.31. The number of nitro groups is 1. The SMILES string of the molecule is CCOC(=O)C(C#N)c1ccnc(Cl)c1[N+](=O)[O-]. The summed E-state index contributed by atoms with van der Waals surface area (Å²) in [5, 5.41) is 19.4. The van der Waals surface area contributed by atoms with Crippen molar-refractivity contribution < 1.29 is 14.5 Å². The van der Waals surface area contributed by atoms with Gasteiger partial charge in [0.15, 0.2) is 5.92 Å². The van der Waals surface area contributed by atoms with Crippen LogP contribution < -0.4 is 0 Å². The van der Waals surface area contributed by atoms with Crippen LogP contribution in [0.3, 0.4) is 0 Å². The molecule has 0 saturated heterocycles. The number of ether oxygens (including phenoxy) is 1. The molecule has 1 aromatic heterocycles. The Kier molecular flexibility index (Phi) is 4.57. The highest BCUT2D eigenvalue weighted by atomic mass is 35.5. The second kappa shape index (κ2) is 5.93. The van der Waals surface area contributed by atoms with Gasteiger partial charge in [0.05, 0.1) is 23.2 Å². The summed E-state index contributed by atoms with van der Waals surface area (Å²) in [5.41, 5.74) is -0.681. The van der Waals surface area contributed by atoms with E-state index in [9.17, 15) is 14.9 Å². The van der Waals surface area contributed by atoms with E-state index in [0.29, 0.717) is 0 Å². The predicted octanol–water partition coefficient (Wildman–Crippen LogP) is 1.81. The summed E-state index contributed by atoms with van der Waals surface area (Å²) >= 11 is 5.59. The zero-order valence-electron chi connectivity index (χ0n) is 9.29. The lowest BCUT2D eigenvalue weighted by molar-refractivity contribution is -0.385. The van der Waals surface area contributed by atoms with Crippen molar-refractivity contribution in [2.45, 2.75) is 12.8 Å². The van der Waals surface area contributed by atoms with E-state index in [1.807, 2.05) is 0 Å². The van der Waals surface area contributed by atoms with Crippen molar-refractivity contribution in [2.75, 3.05) is 6.61 Å². The van der Waals surface area contributed by atoms with E-state index in [2.05, 4.69) is 9.72 Å². The third-order valence-corrected chi connectivity index (χ3v) is 2.33. The summed E-state index contributed by atoms with van der Waals surface area (Å²) in [7, 11) is 0. The number of nitrogens with zero attached hydrogens (tertiary/aromatic N) is 3. The van der Waals surface area contributed by atoms with Gasteiger partial charge in [-0.3, -0.25) is 14.9 Å². The molecule has 0 bridgehead atoms. The number of aromatic nitrogens is 1. The van der Waals surface area contributed by atoms with Gasteiger partial charge in [-0.25, -0.2) is 4.98 Å². The first-order valence-electron chi connectivity index (χ1n) is 4.88. The Morgan fingerprint density at radius 1 is 1.78 bits per heavy atom. The standard InChI is InChI=1S/C10H8ClN3O4/c1-2-18-10(15)7(5-12)6-3-4-13-9(11)8(6)14(16)17/h3-4,7H,2H2,1H3. The molecular weight excluding hydrogens is 262 g/mol. The lowest BCUT2D eigenvalue weighted by Gasteiger charge is -2.09. The second-order valence-electron chi connectivity index (χ2n) is 3.11. The van der Waals surface area contributed by atoms with E-state index >= 15 is 0 Å². The third-order valence-electron chi connectivity index (χ3n) is 2.06. The van der Waals surface area contributed by atoms with E-state index in [4.69, 9.17) is 16.9 Å². The van der Waals surface area contributed by atoms with Crippen LogP contribution in [0.15, 0.2) is 12.3 Å². The van der Waals surface area contributed by atoms with Crippen molar-refractivity contribution in [1.82, 2.24) is 4.98 Å². The Morgan fingerprint density at radius 2 is 2.44 bits per heavy atom. The van der Waals surface area contributed by atoms with Gasteiger partial charge >= 0.3 is 11.7 Å². The van der Waals surface area contributed by atoms with Crippen molar-refractivity contribution in [3.05, 3.63) is 33.1 Å². The molecule has 0 spiro atoms. The molecule has 0 aromatic carbocycles. The first-order chi connectivity index (χ1) is 8.52. The van der Waals surface area contributed by atoms with Crippen LogP contribution in [-0.4, -0.2) is 22.5 Å². The van der Waals surface area contributed by atoms with Gasteiger partial charge in [0, 0.05) is 6.20 Å². The molecule has 1 aromatic rings. The molecule has 0 fully saturated rings. The number of hydrogen-bond acceptors (Lipinski definition) is 6. The monoisotopic (exact) mass is 269 g/mol. The summed E-state index contributed by atoms with van der Waals surface area (Å²) in [5.74, 6) is -2.25. The smallest absolute Gasteiger partial charge is 0.328 e. The van der Waals surface area contributed by atoms with Crippen LogP contribution in [0.2, 0.25) is 5.15 Å². The molecule has 1 unspecified atom stereocenters. The van der Waals surface area contributed by atoms with Crippen LogP contribution in [0.25, 0.3) is 0 Å². The minimum atomic E-state index is -1.40. The fourth-order valence-corrected chi connectivity index (χ4v) is 1.57. The molecule has 8 heteroatoms. The van der Waals surface area contributed by atoms with E-state index < -0.39 is 22.5 Å². The summed E-state index contributed by atoms with van der Waals surface area (Å²) in [6.07, 6.45) is 1.19. The van der Waals surface area contributed by atoms with Crippen LogP contribution in [0.4, 0.5) is 5.69 Å². The Morgan fingerprint density at radius 3 is 2.94 bits per heavy atom. The van der Waals surface area contributed by atoms with Gasteiger partial charge in [-0.2, -0.15) is 5.26 Å². The van der Waals surface area contributed by atoms with Gasteiger partial charge in [-0.1, -0.05) is 11.6 Å². The lowest BCUT2D eigenvalue weighted by atomic mass is 10.0. The highest BCUT2D eigenvalue weighted by molar-refractivity contribution is 6.31. The third kappa shape index (κ3) is 2.73. The van der Waals surface area contributed by atoms with E-state index in [1.54, 1.807) is 13.0 Å². The van der Waals surface area contributed by atoms with Gasteiger partial charge in [-0.15, -0.1) is 0 Å². The largest absolute Gasteiger partial charge is 0.465 e. The molecule has 1 rings (SSSR count). The average molecular weight is 270 g/mol. The molecule has 18 heavy (non-hydrogen) atoms. The van der Waals surface area contributed by atoms with E-state index in [1.165, 1.54) is 12.3 Å². The normalized spacial score (nSPS) is 11.4. The number of carbonyl (C=O) groups is 1. The van der Waals surface area contributed by atoms with Gasteiger partial charge in [0.25, 0.3) is 0 Å². The maximum atomic E-state index is 11.5. The van der Waals surface area contributed by atoms with Crippen LogP contribution in [0.5, 0.6) is 0 Å². The molecule has 7 nitrogen and oxygen atoms in total. The Balaban J connectivity index is 3.31. The molecule has 0 saturated carbocycles. The van der Waals surface area contributed by atoms with E-state index in [0.717, 1.165) is 0 Å². The fraction of sp³-hybridized carbons (Fsp3) is 0.300. The number of halogens is 1. The first kappa shape index (κ1) is 13.9. The van der Waals surface area contributed by atoms with Gasteiger partial charge in [0.1, 0.15) is 0 Å². The highest BCUT2D eigenvalue weighted by Crippen LogP contribution is 2.32. The topological polar surface area (TPSA) is 106 Å². The summed E-state index contributed by atoms with van der Waals surface area (Å²) in [6, 6.07) is 2.86. The summed E-state index contributed by atoms with van der Waals surface area (Å²) < 4.78 is 4.68. The maximum absolute atomic E-state index is 11.5. The fourth-order valence-electron chi connectivity index (χ4n) is 1.33. The predicted molar refractivity (Wildman–Crippen MR) is 60.9 cm³/mol. The Labute approximate surface area is 107 Å². The summed E-state index contributed by atoms with van der Waals surface area (Å²) in [4.78, 5) is 25.2. The number of esters is 1. The second-order valence-corrected chi connectivity index (χ2v) is 3.47. The Bertz CT molecular complexity index is 526. The molecule has 94 valence electrons. The van der Waals surface area contributed by atoms with Crippen LogP contribution >= 0.6 is 11.6 Å². The molecule has 0 aliphatic heterocycles. The van der Waals surface area contributed by atoms with Crippen molar-refractivity contribution in [2.24, 2.45) is 0 Å². The molecule has 0 amide bonds. The summed E-state index contributed by atoms with van der Waals surface area (Å²) in [6.45, 7) is 1.64. The zero-order chi connectivity index (χ0) is 13.7. The average Bonchev–Trinajstić information content (AvgIpc) is 2.29. The number of carbonyl (C=O) groups excluding carboxylic acids is 1. The quantitative estimate of drug-likeness (QED) is 0.357. The molecule has 1 heterocycles. The molecule has 0 radical (unpaired) electrons. The number of pyridine rings is 1. The molecular formula is C10H8ClN3O4. The van der Waals surface area contributed by atoms with E-state index in [-0.39, 0.29) is 17.3 Å². The molecule has 1 atom stereocenters. The minimum absolute atomic E-state index is 0.0730. The zero-order valence-corrected chi connectivity index (χ0v) is 10.0. The molecule has 0 aliphatic rings. The van der Waals surface area contributed by atoms with Crippen molar-refractivity contribution >= 4 is 23.3 Å². The molecule has 0 aliphatic carbocycles. The van der Waals surface area contributed by atoms with Crippen molar-refractivity contribution in [3.63, 3.8) is 0 Å². The van der Waals surface area contributed by atoms with Crippen LogP contribution in [0.1, 0.15) is 18.4 Å². The van der Waals surface area contributed by atoms with Gasteiger partial charge in [0.2, 0.25) is 5.15 Å². The van der Waals surface area contributed by atoms with Crippen LogP contribution in [-0.2, 0) is 9.53 Å². The van der Waals surface area contributed by atoms with Crippen LogP contribution in [0, 0.1) is 21.4 Å². The van der Waals surface area contributed by atoms with Gasteiger partial charge in [-0.05, 0) is 13.0 Å². The number of nitriles is 1. The lowest BCUT2D eigenvalue weighted by Crippen LogP contribution is -2.16. The first-order valence-corrected chi connectivity index (χ1v) is 5.25. The number of hydrogen-bond donors (Lipinski definition) is 0. The Hall–Kier alpha value is -2.20. The van der Waals surface area contributed by atoms with Gasteiger partial charge < -0.3 is 4.74 Å². The van der Waals surface area contributed by atoms with Crippen molar-refractivity contribution in [1.29, 1.82) is 5.26 Å². The molecule has 0 N–H and O–H groups in total. The van der Waals surface area contributed by atoms with Crippen molar-refractivity contribution in [3.8, 4) is 6.07 Å². The minimum Gasteiger partial charge on any atom is -0.465 e. The number of rotatable bonds is 4. The maximum Gasteiger partial charge on any atom is 0.328 e.